The molecule has 1 aliphatic carbocycles. The summed E-state index contributed by atoms with van der Waals surface area (Å²) in [4.78, 5) is 12.9. The Kier molecular flexibility index (Phi) is 5.98. The minimum atomic E-state index is -2.02. The van der Waals surface area contributed by atoms with Crippen molar-refractivity contribution in [2.45, 2.75) is 110 Å². The molecule has 0 aromatic heterocycles. The van der Waals surface area contributed by atoms with Crippen molar-refractivity contribution < 1.29 is 28.2 Å². The molecule has 2 aliphatic rings. The fourth-order valence-corrected chi connectivity index (χ4v) is 3.72. The van der Waals surface area contributed by atoms with E-state index in [-0.39, 0.29) is 5.95 Å². The third kappa shape index (κ3) is 6.42. The van der Waals surface area contributed by atoms with Gasteiger partial charge < -0.3 is 23.4 Å². The molecule has 156 valence electrons. The lowest BCUT2D eigenvalue weighted by Crippen LogP contribution is -2.36. The SMILES string of the molecule is CC(C)(C)OC(=O)[C@@H]1OC2(CCCC2)O/C1=C(/OC(C)(C)C)O[Si](C)(C)C. The third-order valence-electron chi connectivity index (χ3n) is 3.85. The predicted molar refractivity (Wildman–Crippen MR) is 105 cm³/mol. The van der Waals surface area contributed by atoms with Crippen molar-refractivity contribution in [3.63, 3.8) is 0 Å². The molecule has 0 unspecified atom stereocenters. The second kappa shape index (κ2) is 7.31. The second-order valence-corrected chi connectivity index (χ2v) is 14.8. The first-order chi connectivity index (χ1) is 12.1. The van der Waals surface area contributed by atoms with E-state index in [0.717, 1.165) is 25.7 Å². The number of rotatable bonds is 4. The van der Waals surface area contributed by atoms with Crippen LogP contribution in [0.1, 0.15) is 67.2 Å². The van der Waals surface area contributed by atoms with Crippen LogP contribution in [0.5, 0.6) is 0 Å². The molecule has 0 N–H and O–H groups in total. The van der Waals surface area contributed by atoms with Crippen LogP contribution in [0.25, 0.3) is 0 Å². The molecule has 1 aliphatic heterocycles. The van der Waals surface area contributed by atoms with E-state index in [0.29, 0.717) is 5.76 Å². The summed E-state index contributed by atoms with van der Waals surface area (Å²) in [6.45, 7) is 17.5. The lowest BCUT2D eigenvalue weighted by Gasteiger charge is -2.29. The Balaban J connectivity index is 2.45. The maximum absolute atomic E-state index is 12.9. The Morgan fingerprint density at radius 1 is 1.00 bits per heavy atom. The van der Waals surface area contributed by atoms with Crippen molar-refractivity contribution in [3.05, 3.63) is 11.7 Å². The number of esters is 1. The van der Waals surface area contributed by atoms with Crippen LogP contribution in [-0.2, 0) is 28.2 Å². The fraction of sp³-hybridized carbons (Fsp3) is 0.850. The van der Waals surface area contributed by atoms with Gasteiger partial charge in [0.15, 0.2) is 0 Å². The van der Waals surface area contributed by atoms with Crippen LogP contribution in [0.4, 0.5) is 0 Å². The van der Waals surface area contributed by atoms with E-state index < -0.39 is 37.4 Å². The maximum atomic E-state index is 12.9. The van der Waals surface area contributed by atoms with Crippen molar-refractivity contribution in [1.29, 1.82) is 0 Å². The highest BCUT2D eigenvalue weighted by molar-refractivity contribution is 6.70. The average Bonchev–Trinajstić information content (AvgIpc) is 3.01. The Bertz CT molecular complexity index is 567. The molecule has 0 radical (unpaired) electrons. The van der Waals surface area contributed by atoms with E-state index >= 15 is 0 Å². The summed E-state index contributed by atoms with van der Waals surface area (Å²) < 4.78 is 30.3. The van der Waals surface area contributed by atoms with Crippen molar-refractivity contribution >= 4 is 14.3 Å². The van der Waals surface area contributed by atoms with E-state index in [1.807, 2.05) is 41.5 Å². The number of hydrogen-bond acceptors (Lipinski definition) is 6. The Labute approximate surface area is 164 Å². The van der Waals surface area contributed by atoms with Gasteiger partial charge in [0.1, 0.15) is 11.2 Å². The van der Waals surface area contributed by atoms with E-state index in [2.05, 4.69) is 19.6 Å². The van der Waals surface area contributed by atoms with Crippen LogP contribution in [0, 0.1) is 0 Å². The van der Waals surface area contributed by atoms with Gasteiger partial charge >= 0.3 is 11.9 Å². The summed E-state index contributed by atoms with van der Waals surface area (Å²) in [7, 11) is -2.02. The molecule has 1 heterocycles. The van der Waals surface area contributed by atoms with Gasteiger partial charge in [0.05, 0.1) is 0 Å². The van der Waals surface area contributed by atoms with Gasteiger partial charge in [-0.2, -0.15) is 0 Å². The van der Waals surface area contributed by atoms with E-state index in [1.165, 1.54) is 0 Å². The quantitative estimate of drug-likeness (QED) is 0.382. The fourth-order valence-electron chi connectivity index (χ4n) is 3.02. The molecule has 0 amide bonds. The first kappa shape index (κ1) is 22.1. The predicted octanol–water partition coefficient (Wildman–Crippen LogP) is 4.85. The van der Waals surface area contributed by atoms with Crippen molar-refractivity contribution in [2.75, 3.05) is 0 Å². The molecular weight excluding hydrogens is 364 g/mol. The molecule has 7 heteroatoms. The van der Waals surface area contributed by atoms with Gasteiger partial charge in [-0.1, -0.05) is 0 Å². The Hall–Kier alpha value is -1.21. The molecule has 1 saturated heterocycles. The zero-order chi connectivity index (χ0) is 20.7. The van der Waals surface area contributed by atoms with Gasteiger partial charge in [-0.25, -0.2) is 4.79 Å². The van der Waals surface area contributed by atoms with Gasteiger partial charge in [0, 0.05) is 12.8 Å². The zero-order valence-corrected chi connectivity index (χ0v) is 19.4. The molecule has 27 heavy (non-hydrogen) atoms. The van der Waals surface area contributed by atoms with Crippen LogP contribution in [0.15, 0.2) is 11.7 Å². The first-order valence-corrected chi connectivity index (χ1v) is 13.2. The van der Waals surface area contributed by atoms with Crippen LogP contribution in [0.2, 0.25) is 19.6 Å². The van der Waals surface area contributed by atoms with Gasteiger partial charge in [0.25, 0.3) is 0 Å². The number of hydrogen-bond donors (Lipinski definition) is 0. The van der Waals surface area contributed by atoms with Crippen molar-refractivity contribution in [3.8, 4) is 0 Å². The normalized spacial score (nSPS) is 24.6. The number of carbonyl (C=O) groups excluding carboxylic acids is 1. The lowest BCUT2D eigenvalue weighted by molar-refractivity contribution is -0.186. The van der Waals surface area contributed by atoms with Gasteiger partial charge in [-0.15, -0.1) is 0 Å². The number of carbonyl (C=O) groups is 1. The first-order valence-electron chi connectivity index (χ1n) is 9.81. The standard InChI is InChI=1S/C20H36O6Si/c1-18(2,3)24-16(21)14-15(23-20(22-14)12-10-11-13-20)17(25-19(4,5)6)26-27(7,8)9/h14H,10-13H2,1-9H3/b17-15-/t14-/m1/s1. The Morgan fingerprint density at radius 3 is 1.96 bits per heavy atom. The summed E-state index contributed by atoms with van der Waals surface area (Å²) >= 11 is 0. The molecule has 1 atom stereocenters. The van der Waals surface area contributed by atoms with Crippen LogP contribution in [-0.4, -0.2) is 37.4 Å². The van der Waals surface area contributed by atoms with Gasteiger partial charge in [0.2, 0.25) is 26.0 Å². The molecule has 0 aromatic carbocycles. The summed E-state index contributed by atoms with van der Waals surface area (Å²) in [5.41, 5.74) is -1.13. The van der Waals surface area contributed by atoms with E-state index in [4.69, 9.17) is 23.4 Å². The molecule has 2 rings (SSSR count). The average molecular weight is 401 g/mol. The monoisotopic (exact) mass is 400 g/mol. The topological polar surface area (TPSA) is 63.2 Å². The molecule has 6 nitrogen and oxygen atoms in total. The summed E-state index contributed by atoms with van der Waals surface area (Å²) in [6.07, 6.45) is 2.50. The van der Waals surface area contributed by atoms with Crippen molar-refractivity contribution in [1.82, 2.24) is 0 Å². The van der Waals surface area contributed by atoms with Crippen LogP contribution < -0.4 is 0 Å². The molecule has 1 spiro atoms. The number of ether oxygens (including phenoxy) is 4. The highest BCUT2D eigenvalue weighted by atomic mass is 28.4. The zero-order valence-electron chi connectivity index (χ0n) is 18.4. The van der Waals surface area contributed by atoms with Crippen LogP contribution >= 0.6 is 0 Å². The van der Waals surface area contributed by atoms with Crippen molar-refractivity contribution in [2.24, 2.45) is 0 Å². The smallest absolute Gasteiger partial charge is 0.344 e. The molecule has 0 bridgehead atoms. The van der Waals surface area contributed by atoms with Gasteiger partial charge in [-0.05, 0) is 74.0 Å². The van der Waals surface area contributed by atoms with Crippen LogP contribution in [0.3, 0.4) is 0 Å². The minimum Gasteiger partial charge on any atom is -0.517 e. The minimum absolute atomic E-state index is 0.251. The largest absolute Gasteiger partial charge is 0.517 e. The second-order valence-electron chi connectivity index (χ2n) is 10.3. The summed E-state index contributed by atoms with van der Waals surface area (Å²) in [6, 6.07) is 0. The molecular formula is C20H36O6Si. The third-order valence-corrected chi connectivity index (χ3v) is 4.65. The lowest BCUT2D eigenvalue weighted by atomic mass is 10.2. The van der Waals surface area contributed by atoms with E-state index in [1.54, 1.807) is 0 Å². The Morgan fingerprint density at radius 2 is 1.52 bits per heavy atom. The molecule has 1 saturated carbocycles. The molecule has 2 fully saturated rings. The van der Waals surface area contributed by atoms with E-state index in [9.17, 15) is 4.79 Å². The summed E-state index contributed by atoms with van der Waals surface area (Å²) in [5.74, 6) is -0.702. The molecule has 0 aromatic rings. The summed E-state index contributed by atoms with van der Waals surface area (Å²) in [5, 5.41) is 0. The maximum Gasteiger partial charge on any atom is 0.344 e. The van der Waals surface area contributed by atoms with Gasteiger partial charge in [-0.3, -0.25) is 0 Å². The highest BCUT2D eigenvalue weighted by Crippen LogP contribution is 2.45. The highest BCUT2D eigenvalue weighted by Gasteiger charge is 2.53.